The summed E-state index contributed by atoms with van der Waals surface area (Å²) in [6, 6.07) is 14.1. The van der Waals surface area contributed by atoms with E-state index in [9.17, 15) is 4.79 Å². The van der Waals surface area contributed by atoms with Crippen molar-refractivity contribution in [2.45, 2.75) is 38.6 Å². The molecule has 1 aliphatic rings. The van der Waals surface area contributed by atoms with Crippen molar-refractivity contribution in [2.24, 2.45) is 0 Å². The third kappa shape index (κ3) is 4.31. The number of aryl methyl sites for hydroxylation is 1. The van der Waals surface area contributed by atoms with Crippen molar-refractivity contribution in [2.75, 3.05) is 18.0 Å². The maximum Gasteiger partial charge on any atom is 0.272 e. The zero-order valence-electron chi connectivity index (χ0n) is 14.1. The number of hydrogen-bond acceptors (Lipinski definition) is 4. The summed E-state index contributed by atoms with van der Waals surface area (Å²) >= 11 is 0. The van der Waals surface area contributed by atoms with Crippen LogP contribution in [0.2, 0.25) is 0 Å². The van der Waals surface area contributed by atoms with Gasteiger partial charge in [-0.2, -0.15) is 0 Å². The standard InChI is InChI=1S/C19H24N4O/c1-15(9-10-16-7-3-2-4-8-16)20-19(24)17-11-12-18(22-21-17)23-13-5-6-14-23/h2-4,7-8,11-12,15H,5-6,9-10,13-14H2,1H3,(H,20,24). The summed E-state index contributed by atoms with van der Waals surface area (Å²) in [5, 5.41) is 11.3. The first kappa shape index (κ1) is 16.4. The first-order valence-electron chi connectivity index (χ1n) is 8.66. The van der Waals surface area contributed by atoms with Gasteiger partial charge in [-0.25, -0.2) is 0 Å². The van der Waals surface area contributed by atoms with Crippen molar-refractivity contribution in [1.82, 2.24) is 15.5 Å². The molecule has 5 heteroatoms. The minimum Gasteiger partial charge on any atom is -0.355 e. The molecule has 0 radical (unpaired) electrons. The van der Waals surface area contributed by atoms with Gasteiger partial charge in [0.15, 0.2) is 11.5 Å². The van der Waals surface area contributed by atoms with Gasteiger partial charge < -0.3 is 10.2 Å². The summed E-state index contributed by atoms with van der Waals surface area (Å²) in [5.41, 5.74) is 1.66. The van der Waals surface area contributed by atoms with Crippen LogP contribution in [0, 0.1) is 0 Å². The Morgan fingerprint density at radius 1 is 1.12 bits per heavy atom. The number of rotatable bonds is 6. The first-order chi connectivity index (χ1) is 11.7. The van der Waals surface area contributed by atoms with Crippen LogP contribution >= 0.6 is 0 Å². The van der Waals surface area contributed by atoms with Gasteiger partial charge in [-0.3, -0.25) is 4.79 Å². The van der Waals surface area contributed by atoms with E-state index < -0.39 is 0 Å². The van der Waals surface area contributed by atoms with E-state index in [4.69, 9.17) is 0 Å². The summed E-state index contributed by atoms with van der Waals surface area (Å²) in [6.07, 6.45) is 4.24. The minimum atomic E-state index is -0.156. The molecule has 3 rings (SSSR count). The smallest absolute Gasteiger partial charge is 0.272 e. The third-order valence-electron chi connectivity index (χ3n) is 4.40. The fraction of sp³-hybridized carbons (Fsp3) is 0.421. The topological polar surface area (TPSA) is 58.1 Å². The SMILES string of the molecule is CC(CCc1ccccc1)NC(=O)c1ccc(N2CCCC2)nn1. The fourth-order valence-corrected chi connectivity index (χ4v) is 2.96. The van der Waals surface area contributed by atoms with Crippen LogP contribution < -0.4 is 10.2 Å². The first-order valence-corrected chi connectivity index (χ1v) is 8.66. The maximum absolute atomic E-state index is 12.3. The number of nitrogens with one attached hydrogen (secondary N) is 1. The highest BCUT2D eigenvalue weighted by molar-refractivity contribution is 5.92. The molecule has 1 atom stereocenters. The van der Waals surface area contributed by atoms with E-state index in [2.05, 4.69) is 32.5 Å². The van der Waals surface area contributed by atoms with Gasteiger partial charge in [-0.05, 0) is 50.3 Å². The van der Waals surface area contributed by atoms with Gasteiger partial charge in [0.1, 0.15) is 0 Å². The van der Waals surface area contributed by atoms with Crippen molar-refractivity contribution in [1.29, 1.82) is 0 Å². The van der Waals surface area contributed by atoms with Crippen molar-refractivity contribution >= 4 is 11.7 Å². The summed E-state index contributed by atoms with van der Waals surface area (Å²) in [5.74, 6) is 0.706. The number of amides is 1. The van der Waals surface area contributed by atoms with E-state index in [0.29, 0.717) is 5.69 Å². The Hall–Kier alpha value is -2.43. The zero-order chi connectivity index (χ0) is 16.8. The van der Waals surface area contributed by atoms with Crippen LogP contribution in [0.15, 0.2) is 42.5 Å². The number of carbonyl (C=O) groups excluding carboxylic acids is 1. The van der Waals surface area contributed by atoms with Gasteiger partial charge in [-0.1, -0.05) is 30.3 Å². The number of hydrogen-bond donors (Lipinski definition) is 1. The molecule has 5 nitrogen and oxygen atoms in total. The molecular formula is C19H24N4O. The lowest BCUT2D eigenvalue weighted by Gasteiger charge is -2.16. The van der Waals surface area contributed by atoms with E-state index in [1.165, 1.54) is 18.4 Å². The molecule has 1 fully saturated rings. The average Bonchev–Trinajstić information content (AvgIpc) is 3.16. The lowest BCUT2D eigenvalue weighted by molar-refractivity contribution is 0.0932. The van der Waals surface area contributed by atoms with Crippen LogP contribution in [-0.2, 0) is 6.42 Å². The van der Waals surface area contributed by atoms with Gasteiger partial charge in [0, 0.05) is 19.1 Å². The van der Waals surface area contributed by atoms with E-state index >= 15 is 0 Å². The molecule has 1 unspecified atom stereocenters. The lowest BCUT2D eigenvalue weighted by atomic mass is 10.1. The molecule has 0 spiro atoms. The van der Waals surface area contributed by atoms with Gasteiger partial charge >= 0.3 is 0 Å². The summed E-state index contributed by atoms with van der Waals surface area (Å²) in [4.78, 5) is 14.5. The molecule has 24 heavy (non-hydrogen) atoms. The molecule has 2 heterocycles. The highest BCUT2D eigenvalue weighted by Gasteiger charge is 2.16. The minimum absolute atomic E-state index is 0.0952. The Morgan fingerprint density at radius 2 is 1.88 bits per heavy atom. The zero-order valence-corrected chi connectivity index (χ0v) is 14.1. The molecule has 1 amide bonds. The van der Waals surface area contributed by atoms with Crippen LogP contribution in [0.25, 0.3) is 0 Å². The predicted molar refractivity (Wildman–Crippen MR) is 95.2 cm³/mol. The molecule has 0 saturated carbocycles. The van der Waals surface area contributed by atoms with Gasteiger partial charge in [-0.15, -0.1) is 10.2 Å². The monoisotopic (exact) mass is 324 g/mol. The number of nitrogens with zero attached hydrogens (tertiary/aromatic N) is 3. The molecule has 1 saturated heterocycles. The second kappa shape index (κ2) is 7.90. The van der Waals surface area contributed by atoms with Crippen molar-refractivity contribution < 1.29 is 4.79 Å². The number of carbonyl (C=O) groups is 1. The van der Waals surface area contributed by atoms with Crippen molar-refractivity contribution in [3.8, 4) is 0 Å². The Balaban J connectivity index is 1.50. The Morgan fingerprint density at radius 3 is 2.54 bits per heavy atom. The van der Waals surface area contributed by atoms with Crippen LogP contribution in [0.4, 0.5) is 5.82 Å². The Labute approximate surface area is 143 Å². The van der Waals surface area contributed by atoms with Crippen molar-refractivity contribution in [3.63, 3.8) is 0 Å². The molecule has 1 aromatic heterocycles. The molecule has 2 aromatic rings. The van der Waals surface area contributed by atoms with Gasteiger partial charge in [0.2, 0.25) is 0 Å². The number of anilines is 1. The van der Waals surface area contributed by atoms with E-state index in [1.54, 1.807) is 6.07 Å². The van der Waals surface area contributed by atoms with Crippen molar-refractivity contribution in [3.05, 3.63) is 53.7 Å². The molecule has 1 N–H and O–H groups in total. The lowest BCUT2D eigenvalue weighted by Crippen LogP contribution is -2.33. The predicted octanol–water partition coefficient (Wildman–Crippen LogP) is 2.83. The third-order valence-corrected chi connectivity index (χ3v) is 4.40. The van der Waals surface area contributed by atoms with Gasteiger partial charge in [0.05, 0.1) is 0 Å². The molecular weight excluding hydrogens is 300 g/mol. The second-order valence-electron chi connectivity index (χ2n) is 6.37. The second-order valence-corrected chi connectivity index (χ2v) is 6.37. The molecule has 1 aromatic carbocycles. The van der Waals surface area contributed by atoms with Crippen LogP contribution in [-0.4, -0.2) is 35.2 Å². The summed E-state index contributed by atoms with van der Waals surface area (Å²) in [6.45, 7) is 4.07. The van der Waals surface area contributed by atoms with E-state index in [-0.39, 0.29) is 11.9 Å². The van der Waals surface area contributed by atoms with Crippen LogP contribution in [0.1, 0.15) is 42.2 Å². The molecule has 1 aliphatic heterocycles. The average molecular weight is 324 g/mol. The quantitative estimate of drug-likeness (QED) is 0.888. The Kier molecular flexibility index (Phi) is 5.41. The van der Waals surface area contributed by atoms with Crippen LogP contribution in [0.3, 0.4) is 0 Å². The number of benzene rings is 1. The summed E-state index contributed by atoms with van der Waals surface area (Å²) in [7, 11) is 0. The highest BCUT2D eigenvalue weighted by atomic mass is 16.2. The highest BCUT2D eigenvalue weighted by Crippen LogP contribution is 2.16. The summed E-state index contributed by atoms with van der Waals surface area (Å²) < 4.78 is 0. The molecule has 0 aliphatic carbocycles. The maximum atomic E-state index is 12.3. The normalized spacial score (nSPS) is 15.3. The van der Waals surface area contributed by atoms with Crippen LogP contribution in [0.5, 0.6) is 0 Å². The molecule has 0 bridgehead atoms. The van der Waals surface area contributed by atoms with Gasteiger partial charge in [0.25, 0.3) is 5.91 Å². The molecule has 126 valence electrons. The van der Waals surface area contributed by atoms with E-state index in [0.717, 1.165) is 31.7 Å². The Bertz CT molecular complexity index is 651. The largest absolute Gasteiger partial charge is 0.355 e. The number of aromatic nitrogens is 2. The van der Waals surface area contributed by atoms with E-state index in [1.807, 2.05) is 31.2 Å². The fourth-order valence-electron chi connectivity index (χ4n) is 2.96.